The standard InChI is InChI=1S/C16H21N5/c1-4-13(17)9-14-11(2)19-20(3)16(14)21-15-8-6-5-7-12(15)10-18-21/h5-8,10,13H,4,9,17H2,1-3H3. The lowest BCUT2D eigenvalue weighted by Crippen LogP contribution is -2.22. The van der Waals surface area contributed by atoms with Gasteiger partial charge in [-0.1, -0.05) is 25.1 Å². The summed E-state index contributed by atoms with van der Waals surface area (Å²) in [5, 5.41) is 10.2. The Bertz CT molecular complexity index is 768. The number of nitrogens with zero attached hydrogens (tertiary/aromatic N) is 4. The molecule has 3 aromatic rings. The summed E-state index contributed by atoms with van der Waals surface area (Å²) >= 11 is 0. The number of benzene rings is 1. The SMILES string of the molecule is CCC(N)Cc1c(C)nn(C)c1-n1ncc2ccccc21. The molecule has 1 unspecified atom stereocenters. The molecular formula is C16H21N5. The Balaban J connectivity index is 2.17. The highest BCUT2D eigenvalue weighted by atomic mass is 15.4. The Morgan fingerprint density at radius 3 is 2.81 bits per heavy atom. The fourth-order valence-electron chi connectivity index (χ4n) is 2.74. The minimum absolute atomic E-state index is 0.147. The molecule has 0 saturated carbocycles. The summed E-state index contributed by atoms with van der Waals surface area (Å²) in [6, 6.07) is 8.35. The van der Waals surface area contributed by atoms with Gasteiger partial charge in [0, 0.05) is 24.0 Å². The Kier molecular flexibility index (Phi) is 3.51. The molecule has 0 radical (unpaired) electrons. The number of hydrogen-bond acceptors (Lipinski definition) is 3. The normalized spacial score (nSPS) is 13.0. The summed E-state index contributed by atoms with van der Waals surface area (Å²) in [6.45, 7) is 4.15. The molecule has 2 aromatic heterocycles. The Labute approximate surface area is 124 Å². The number of aryl methyl sites for hydroxylation is 2. The van der Waals surface area contributed by atoms with Crippen LogP contribution in [0.5, 0.6) is 0 Å². The Hall–Kier alpha value is -2.14. The second kappa shape index (κ2) is 5.33. The van der Waals surface area contributed by atoms with Crippen LogP contribution in [0.4, 0.5) is 0 Å². The fourth-order valence-corrected chi connectivity index (χ4v) is 2.74. The third-order valence-electron chi connectivity index (χ3n) is 3.98. The average molecular weight is 283 g/mol. The summed E-state index contributed by atoms with van der Waals surface area (Å²) in [7, 11) is 1.96. The van der Waals surface area contributed by atoms with E-state index in [4.69, 9.17) is 5.73 Å². The van der Waals surface area contributed by atoms with Gasteiger partial charge < -0.3 is 5.73 Å². The van der Waals surface area contributed by atoms with Crippen molar-refractivity contribution in [2.24, 2.45) is 12.8 Å². The van der Waals surface area contributed by atoms with E-state index < -0.39 is 0 Å². The second-order valence-electron chi connectivity index (χ2n) is 5.50. The van der Waals surface area contributed by atoms with Crippen LogP contribution in [0.1, 0.15) is 24.6 Å². The second-order valence-corrected chi connectivity index (χ2v) is 5.50. The lowest BCUT2D eigenvalue weighted by atomic mass is 10.0. The summed E-state index contributed by atoms with van der Waals surface area (Å²) in [6.07, 6.45) is 3.66. The molecule has 2 N–H and O–H groups in total. The van der Waals surface area contributed by atoms with Crippen LogP contribution < -0.4 is 5.73 Å². The van der Waals surface area contributed by atoms with E-state index in [0.29, 0.717) is 0 Å². The zero-order valence-electron chi connectivity index (χ0n) is 12.7. The molecule has 110 valence electrons. The van der Waals surface area contributed by atoms with Gasteiger partial charge >= 0.3 is 0 Å². The van der Waals surface area contributed by atoms with Crippen molar-refractivity contribution in [2.45, 2.75) is 32.7 Å². The largest absolute Gasteiger partial charge is 0.327 e. The van der Waals surface area contributed by atoms with Crippen LogP contribution >= 0.6 is 0 Å². The summed E-state index contributed by atoms with van der Waals surface area (Å²) in [5.74, 6) is 1.01. The summed E-state index contributed by atoms with van der Waals surface area (Å²) in [4.78, 5) is 0. The highest BCUT2D eigenvalue weighted by molar-refractivity contribution is 5.80. The maximum atomic E-state index is 6.15. The van der Waals surface area contributed by atoms with E-state index in [0.717, 1.165) is 35.3 Å². The Morgan fingerprint density at radius 2 is 2.05 bits per heavy atom. The highest BCUT2D eigenvalue weighted by Gasteiger charge is 2.19. The maximum Gasteiger partial charge on any atom is 0.155 e. The number of nitrogens with two attached hydrogens (primary N) is 1. The van der Waals surface area contributed by atoms with E-state index in [9.17, 15) is 0 Å². The van der Waals surface area contributed by atoms with Crippen molar-refractivity contribution in [1.82, 2.24) is 19.6 Å². The topological polar surface area (TPSA) is 61.7 Å². The third kappa shape index (κ3) is 2.34. The molecule has 2 heterocycles. The van der Waals surface area contributed by atoms with Gasteiger partial charge in [0.2, 0.25) is 0 Å². The lowest BCUT2D eigenvalue weighted by molar-refractivity contribution is 0.638. The van der Waals surface area contributed by atoms with Gasteiger partial charge in [-0.2, -0.15) is 10.2 Å². The van der Waals surface area contributed by atoms with Crippen molar-refractivity contribution in [2.75, 3.05) is 0 Å². The quantitative estimate of drug-likeness (QED) is 0.799. The average Bonchev–Trinajstić information content (AvgIpc) is 3.00. The molecule has 1 atom stereocenters. The minimum atomic E-state index is 0.147. The number of rotatable bonds is 4. The predicted molar refractivity (Wildman–Crippen MR) is 84.5 cm³/mol. The first-order valence-corrected chi connectivity index (χ1v) is 7.33. The monoisotopic (exact) mass is 283 g/mol. The molecule has 0 amide bonds. The summed E-state index contributed by atoms with van der Waals surface area (Å²) < 4.78 is 3.86. The van der Waals surface area contributed by atoms with Crippen molar-refractivity contribution in [3.63, 3.8) is 0 Å². The van der Waals surface area contributed by atoms with Gasteiger partial charge in [-0.05, 0) is 25.8 Å². The third-order valence-corrected chi connectivity index (χ3v) is 3.98. The van der Waals surface area contributed by atoms with E-state index >= 15 is 0 Å². The summed E-state index contributed by atoms with van der Waals surface area (Å²) in [5.41, 5.74) is 9.45. The predicted octanol–water partition coefficient (Wildman–Crippen LogP) is 2.35. The van der Waals surface area contributed by atoms with Crippen molar-refractivity contribution in [3.8, 4) is 5.82 Å². The van der Waals surface area contributed by atoms with Crippen LogP contribution in [0.15, 0.2) is 30.5 Å². The van der Waals surface area contributed by atoms with E-state index in [1.54, 1.807) is 0 Å². The molecule has 0 aliphatic rings. The first kappa shape index (κ1) is 13.8. The molecule has 5 heteroatoms. The van der Waals surface area contributed by atoms with Gasteiger partial charge in [0.15, 0.2) is 5.82 Å². The molecule has 0 fully saturated rings. The number of hydrogen-bond donors (Lipinski definition) is 1. The molecule has 3 rings (SSSR count). The van der Waals surface area contributed by atoms with Crippen molar-refractivity contribution >= 4 is 10.9 Å². The molecule has 5 nitrogen and oxygen atoms in total. The molecule has 0 saturated heterocycles. The van der Waals surface area contributed by atoms with E-state index in [1.165, 1.54) is 5.56 Å². The van der Waals surface area contributed by atoms with Crippen LogP contribution in [0, 0.1) is 6.92 Å². The van der Waals surface area contributed by atoms with E-state index in [2.05, 4.69) is 29.3 Å². The minimum Gasteiger partial charge on any atom is -0.327 e. The molecule has 0 aliphatic carbocycles. The van der Waals surface area contributed by atoms with Gasteiger partial charge in [0.05, 0.1) is 17.4 Å². The van der Waals surface area contributed by atoms with E-state index in [1.807, 2.05) is 41.7 Å². The molecule has 0 bridgehead atoms. The molecule has 0 aliphatic heterocycles. The fraction of sp³-hybridized carbons (Fsp3) is 0.375. The first-order valence-electron chi connectivity index (χ1n) is 7.33. The molecule has 21 heavy (non-hydrogen) atoms. The van der Waals surface area contributed by atoms with E-state index in [-0.39, 0.29) is 6.04 Å². The van der Waals surface area contributed by atoms with Gasteiger partial charge in [0.25, 0.3) is 0 Å². The van der Waals surface area contributed by atoms with Crippen molar-refractivity contribution in [3.05, 3.63) is 41.7 Å². The van der Waals surface area contributed by atoms with Gasteiger partial charge in [-0.3, -0.25) is 4.68 Å². The van der Waals surface area contributed by atoms with Crippen LogP contribution in [-0.4, -0.2) is 25.6 Å². The molecule has 1 aromatic carbocycles. The Morgan fingerprint density at radius 1 is 1.29 bits per heavy atom. The van der Waals surface area contributed by atoms with Crippen molar-refractivity contribution in [1.29, 1.82) is 0 Å². The van der Waals surface area contributed by atoms with Crippen LogP contribution in [0.2, 0.25) is 0 Å². The lowest BCUT2D eigenvalue weighted by Gasteiger charge is -2.11. The number of aromatic nitrogens is 4. The van der Waals surface area contributed by atoms with Gasteiger partial charge in [-0.25, -0.2) is 4.68 Å². The number of para-hydroxylation sites is 1. The zero-order valence-corrected chi connectivity index (χ0v) is 12.7. The molecular weight excluding hydrogens is 262 g/mol. The highest BCUT2D eigenvalue weighted by Crippen LogP contribution is 2.23. The maximum absolute atomic E-state index is 6.15. The van der Waals surface area contributed by atoms with Gasteiger partial charge in [0.1, 0.15) is 0 Å². The van der Waals surface area contributed by atoms with Crippen LogP contribution in [-0.2, 0) is 13.5 Å². The molecule has 0 spiro atoms. The van der Waals surface area contributed by atoms with Crippen LogP contribution in [0.25, 0.3) is 16.7 Å². The zero-order chi connectivity index (χ0) is 15.0. The number of fused-ring (bicyclic) bond motifs is 1. The first-order chi connectivity index (χ1) is 10.1. The smallest absolute Gasteiger partial charge is 0.155 e. The van der Waals surface area contributed by atoms with Crippen molar-refractivity contribution < 1.29 is 0 Å². The van der Waals surface area contributed by atoms with Gasteiger partial charge in [-0.15, -0.1) is 0 Å². The van der Waals surface area contributed by atoms with Crippen LogP contribution in [0.3, 0.4) is 0 Å².